The zero-order valence-electron chi connectivity index (χ0n) is 16.8. The summed E-state index contributed by atoms with van der Waals surface area (Å²) in [6, 6.07) is 14.7. The number of hydrogen-bond donors (Lipinski definition) is 1. The van der Waals surface area contributed by atoms with E-state index in [9.17, 15) is 0 Å². The monoisotopic (exact) mass is 338 g/mol. The van der Waals surface area contributed by atoms with E-state index in [0.29, 0.717) is 5.92 Å². The molecule has 0 aromatic heterocycles. The molecule has 136 valence electrons. The van der Waals surface area contributed by atoms with Crippen LogP contribution in [0, 0.1) is 12.8 Å². The summed E-state index contributed by atoms with van der Waals surface area (Å²) in [6.07, 6.45) is 2.07. The fourth-order valence-electron chi connectivity index (χ4n) is 2.68. The van der Waals surface area contributed by atoms with Crippen LogP contribution >= 0.6 is 0 Å². The normalized spacial score (nSPS) is 11.2. The predicted molar refractivity (Wildman–Crippen MR) is 113 cm³/mol. The van der Waals surface area contributed by atoms with E-state index < -0.39 is 0 Å². The van der Waals surface area contributed by atoms with Crippen molar-refractivity contribution in [1.82, 2.24) is 0 Å². The second-order valence-electron chi connectivity index (χ2n) is 6.70. The Morgan fingerprint density at radius 2 is 1.68 bits per heavy atom. The molecule has 2 N–H and O–H groups in total. The lowest BCUT2D eigenvalue weighted by Crippen LogP contribution is -2.03. The molecule has 0 unspecified atom stereocenters. The molecule has 2 rings (SSSR count). The fraction of sp³-hybridized carbons (Fsp3) is 0.435. The lowest BCUT2D eigenvalue weighted by molar-refractivity contribution is 0.645. The molecule has 0 aliphatic heterocycles. The maximum atomic E-state index is 5.71. The number of hydrogen-bond acceptors (Lipinski definition) is 2. The Bertz CT molecular complexity index is 667. The van der Waals surface area contributed by atoms with E-state index in [1.54, 1.807) is 0 Å². The smallest absolute Gasteiger partial charge is 0.0433 e. The first kappa shape index (κ1) is 21.0. The molecule has 0 atom stereocenters. The van der Waals surface area contributed by atoms with Gasteiger partial charge in [0.05, 0.1) is 0 Å². The lowest BCUT2D eigenvalue weighted by Gasteiger charge is -2.11. The van der Waals surface area contributed by atoms with Crippen molar-refractivity contribution in [1.29, 1.82) is 0 Å². The summed E-state index contributed by atoms with van der Waals surface area (Å²) >= 11 is 0. The van der Waals surface area contributed by atoms with Crippen molar-refractivity contribution >= 4 is 11.4 Å². The number of aliphatic imine (C=N–C) groups is 1. The van der Waals surface area contributed by atoms with Gasteiger partial charge in [0.1, 0.15) is 0 Å². The van der Waals surface area contributed by atoms with E-state index in [2.05, 4.69) is 58.0 Å². The predicted octanol–water partition coefficient (Wildman–Crippen LogP) is 5.85. The van der Waals surface area contributed by atoms with Crippen LogP contribution in [-0.4, -0.2) is 12.3 Å². The summed E-state index contributed by atoms with van der Waals surface area (Å²) in [5.74, 6) is 0.673. The highest BCUT2D eigenvalue weighted by molar-refractivity contribution is 5.98. The Hall–Kier alpha value is -2.09. The summed E-state index contributed by atoms with van der Waals surface area (Å²) in [7, 11) is 0. The molecule has 2 heteroatoms. The van der Waals surface area contributed by atoms with Crippen LogP contribution in [-0.2, 0) is 12.8 Å². The first-order chi connectivity index (χ1) is 12.0. The SMILES string of the molecule is CC.CC(=NCCc1ccc(N)cc1)c1ccc(C)c(CC(C)C)c1. The second kappa shape index (κ2) is 10.7. The Kier molecular flexibility index (Phi) is 8.98. The fourth-order valence-corrected chi connectivity index (χ4v) is 2.68. The minimum atomic E-state index is 0.673. The molecular formula is C23H34N2. The summed E-state index contributed by atoms with van der Waals surface area (Å²) in [6.45, 7) is 13.6. The van der Waals surface area contributed by atoms with Crippen LogP contribution in [0.4, 0.5) is 5.69 Å². The highest BCUT2D eigenvalue weighted by atomic mass is 14.7. The van der Waals surface area contributed by atoms with E-state index in [-0.39, 0.29) is 0 Å². The molecule has 0 radical (unpaired) electrons. The number of nitrogens with two attached hydrogens (primary N) is 1. The third kappa shape index (κ3) is 7.13. The van der Waals surface area contributed by atoms with Crippen LogP contribution in [0.15, 0.2) is 47.5 Å². The Balaban J connectivity index is 0.00000151. The lowest BCUT2D eigenvalue weighted by atomic mass is 9.95. The van der Waals surface area contributed by atoms with Gasteiger partial charge >= 0.3 is 0 Å². The maximum Gasteiger partial charge on any atom is 0.0433 e. The standard InChI is InChI=1S/C21H28N2.C2H6/c1-15(2)13-20-14-19(8-5-16(20)3)17(4)23-12-11-18-6-9-21(22)10-7-18;1-2/h5-10,14-15H,11-13,22H2,1-4H3;1-2H3. The molecule has 0 saturated heterocycles. The average molecular weight is 339 g/mol. The molecule has 0 aliphatic rings. The number of anilines is 1. The van der Waals surface area contributed by atoms with Gasteiger partial charge < -0.3 is 5.73 Å². The first-order valence-corrected chi connectivity index (χ1v) is 9.41. The van der Waals surface area contributed by atoms with Crippen LogP contribution in [0.3, 0.4) is 0 Å². The van der Waals surface area contributed by atoms with E-state index in [1.807, 2.05) is 26.0 Å². The summed E-state index contributed by atoms with van der Waals surface area (Å²) < 4.78 is 0. The Morgan fingerprint density at radius 3 is 2.28 bits per heavy atom. The highest BCUT2D eigenvalue weighted by Gasteiger charge is 2.05. The van der Waals surface area contributed by atoms with Gasteiger partial charge in [0, 0.05) is 17.9 Å². The van der Waals surface area contributed by atoms with Gasteiger partial charge in [-0.25, -0.2) is 0 Å². The van der Waals surface area contributed by atoms with Crippen molar-refractivity contribution in [3.63, 3.8) is 0 Å². The minimum absolute atomic E-state index is 0.673. The van der Waals surface area contributed by atoms with Crippen molar-refractivity contribution < 1.29 is 0 Å². The van der Waals surface area contributed by atoms with Crippen LogP contribution in [0.1, 0.15) is 56.9 Å². The highest BCUT2D eigenvalue weighted by Crippen LogP contribution is 2.16. The van der Waals surface area contributed by atoms with Gasteiger partial charge in [-0.1, -0.05) is 52.0 Å². The number of nitrogen functional groups attached to an aromatic ring is 1. The zero-order valence-corrected chi connectivity index (χ0v) is 16.8. The average Bonchev–Trinajstić information content (AvgIpc) is 2.60. The molecule has 0 spiro atoms. The van der Waals surface area contributed by atoms with Crippen molar-refractivity contribution in [2.75, 3.05) is 12.3 Å². The quantitative estimate of drug-likeness (QED) is 0.520. The first-order valence-electron chi connectivity index (χ1n) is 9.41. The molecule has 2 aromatic rings. The summed E-state index contributed by atoms with van der Waals surface area (Å²) in [5, 5.41) is 0. The molecule has 0 bridgehead atoms. The number of aryl methyl sites for hydroxylation is 1. The molecule has 2 nitrogen and oxygen atoms in total. The van der Waals surface area contributed by atoms with Crippen LogP contribution in [0.2, 0.25) is 0 Å². The van der Waals surface area contributed by atoms with Gasteiger partial charge in [-0.2, -0.15) is 0 Å². The Labute approximate surface area is 154 Å². The minimum Gasteiger partial charge on any atom is -0.399 e. The van der Waals surface area contributed by atoms with Crippen molar-refractivity contribution in [2.45, 2.75) is 54.4 Å². The molecular weight excluding hydrogens is 304 g/mol. The molecule has 0 heterocycles. The molecule has 25 heavy (non-hydrogen) atoms. The van der Waals surface area contributed by atoms with Gasteiger partial charge in [-0.05, 0) is 73.1 Å². The van der Waals surface area contributed by atoms with Gasteiger partial charge in [-0.15, -0.1) is 0 Å². The van der Waals surface area contributed by atoms with Crippen LogP contribution < -0.4 is 5.73 Å². The zero-order chi connectivity index (χ0) is 18.8. The van der Waals surface area contributed by atoms with Crippen molar-refractivity contribution in [3.05, 3.63) is 64.7 Å². The molecule has 0 amide bonds. The van der Waals surface area contributed by atoms with E-state index in [0.717, 1.165) is 30.8 Å². The number of rotatable bonds is 6. The second-order valence-corrected chi connectivity index (χ2v) is 6.70. The van der Waals surface area contributed by atoms with Crippen LogP contribution in [0.5, 0.6) is 0 Å². The van der Waals surface area contributed by atoms with Gasteiger partial charge in [0.2, 0.25) is 0 Å². The van der Waals surface area contributed by atoms with E-state index in [1.165, 1.54) is 22.3 Å². The number of benzene rings is 2. The third-order valence-corrected chi connectivity index (χ3v) is 4.12. The maximum absolute atomic E-state index is 5.71. The van der Waals surface area contributed by atoms with Crippen molar-refractivity contribution in [2.24, 2.45) is 10.9 Å². The molecule has 0 saturated carbocycles. The summed E-state index contributed by atoms with van der Waals surface area (Å²) in [4.78, 5) is 4.75. The number of nitrogens with zero attached hydrogens (tertiary/aromatic N) is 1. The molecule has 0 fully saturated rings. The van der Waals surface area contributed by atoms with Crippen molar-refractivity contribution in [3.8, 4) is 0 Å². The van der Waals surface area contributed by atoms with Gasteiger partial charge in [0.25, 0.3) is 0 Å². The molecule has 2 aromatic carbocycles. The Morgan fingerprint density at radius 1 is 1.04 bits per heavy atom. The third-order valence-electron chi connectivity index (χ3n) is 4.12. The topological polar surface area (TPSA) is 38.4 Å². The molecule has 0 aliphatic carbocycles. The van der Waals surface area contributed by atoms with E-state index in [4.69, 9.17) is 10.7 Å². The van der Waals surface area contributed by atoms with E-state index >= 15 is 0 Å². The summed E-state index contributed by atoms with van der Waals surface area (Å²) in [5.41, 5.74) is 13.0. The van der Waals surface area contributed by atoms with Crippen LogP contribution in [0.25, 0.3) is 0 Å². The van der Waals surface area contributed by atoms with Gasteiger partial charge in [0.15, 0.2) is 0 Å². The largest absolute Gasteiger partial charge is 0.399 e. The van der Waals surface area contributed by atoms with Gasteiger partial charge in [-0.3, -0.25) is 4.99 Å².